The monoisotopic (exact) mass is 428 g/mol. The van der Waals surface area contributed by atoms with Crippen molar-refractivity contribution in [2.75, 3.05) is 13.1 Å². The van der Waals surface area contributed by atoms with Crippen LogP contribution >= 0.6 is 11.6 Å². The molecule has 0 spiro atoms. The van der Waals surface area contributed by atoms with E-state index in [9.17, 15) is 13.2 Å². The van der Waals surface area contributed by atoms with Crippen molar-refractivity contribution in [1.82, 2.24) is 9.62 Å². The summed E-state index contributed by atoms with van der Waals surface area (Å²) in [6.45, 7) is 9.70. The molecule has 156 valence electrons. The fourth-order valence-corrected chi connectivity index (χ4v) is 6.82. The molecule has 0 atom stereocenters. The average molecular weight is 429 g/mol. The molecule has 1 amide bonds. The number of hydrogen-bond donors (Lipinski definition) is 2. The molecule has 2 aliphatic heterocycles. The zero-order chi connectivity index (χ0) is 20.7. The maximum Gasteiger partial charge on any atom is 0.251 e. The molecule has 2 fully saturated rings. The number of nitrogens with zero attached hydrogens (tertiary/aromatic N) is 1. The lowest BCUT2D eigenvalue weighted by Gasteiger charge is -2.43. The Morgan fingerprint density at radius 2 is 1.71 bits per heavy atom. The van der Waals surface area contributed by atoms with Crippen LogP contribution in [0.1, 0.15) is 63.7 Å². The van der Waals surface area contributed by atoms with Gasteiger partial charge in [0.1, 0.15) is 4.90 Å². The number of piperidine rings is 1. The van der Waals surface area contributed by atoms with Gasteiger partial charge in [-0.1, -0.05) is 11.6 Å². The first kappa shape index (κ1) is 21.6. The highest BCUT2D eigenvalue weighted by atomic mass is 35.5. The molecule has 3 rings (SSSR count). The maximum absolute atomic E-state index is 12.9. The Balaban J connectivity index is 1.81. The van der Waals surface area contributed by atoms with Gasteiger partial charge in [-0.05, 0) is 58.7 Å². The fourth-order valence-electron chi connectivity index (χ4n) is 4.80. The molecule has 3 N–H and O–H groups in total. The van der Waals surface area contributed by atoms with E-state index in [2.05, 4.69) is 38.3 Å². The number of amides is 1. The van der Waals surface area contributed by atoms with Gasteiger partial charge in [0.05, 0.1) is 16.1 Å². The van der Waals surface area contributed by atoms with E-state index >= 15 is 0 Å². The number of nitrogens with one attached hydrogen (secondary N) is 1. The fraction of sp³-hybridized carbons (Fsp3) is 0.650. The second kappa shape index (κ2) is 7.59. The SMILES string of the molecule is CC1(C)CC(NC(=O)c2ccc(Cl)c(S(=O)(=O)N3CCCC3)c2)CC(C)(C)[NH2+]1. The van der Waals surface area contributed by atoms with Crippen LogP contribution in [0, 0.1) is 0 Å². The first-order valence-corrected chi connectivity index (χ1v) is 11.7. The minimum Gasteiger partial charge on any atom is -0.349 e. The number of benzene rings is 1. The quantitative estimate of drug-likeness (QED) is 0.770. The zero-order valence-electron chi connectivity index (χ0n) is 17.1. The number of nitrogens with two attached hydrogens (primary N) is 1. The van der Waals surface area contributed by atoms with E-state index in [0.717, 1.165) is 25.7 Å². The molecule has 1 aromatic carbocycles. The van der Waals surface area contributed by atoms with Crippen LogP contribution in [0.3, 0.4) is 0 Å². The smallest absolute Gasteiger partial charge is 0.251 e. The van der Waals surface area contributed by atoms with Crippen LogP contribution in [-0.2, 0) is 10.0 Å². The van der Waals surface area contributed by atoms with Gasteiger partial charge in [0.15, 0.2) is 0 Å². The largest absolute Gasteiger partial charge is 0.349 e. The number of halogens is 1. The summed E-state index contributed by atoms with van der Waals surface area (Å²) in [5.74, 6) is -0.256. The molecule has 2 saturated heterocycles. The Morgan fingerprint density at radius 1 is 1.14 bits per heavy atom. The van der Waals surface area contributed by atoms with Crippen LogP contribution in [0.4, 0.5) is 0 Å². The molecule has 0 aliphatic carbocycles. The Bertz CT molecular complexity index is 845. The van der Waals surface area contributed by atoms with E-state index in [-0.39, 0.29) is 32.9 Å². The first-order chi connectivity index (χ1) is 12.9. The molecule has 0 unspecified atom stereocenters. The number of carbonyl (C=O) groups excluding carboxylic acids is 1. The van der Waals surface area contributed by atoms with Crippen molar-refractivity contribution >= 4 is 27.5 Å². The van der Waals surface area contributed by atoms with Gasteiger partial charge in [-0.3, -0.25) is 4.79 Å². The number of carbonyl (C=O) groups is 1. The molecular weight excluding hydrogens is 398 g/mol. The standard InChI is InChI=1S/C20H30ClN3O3S/c1-19(2)12-15(13-20(3,4)23-19)22-18(25)14-7-8-16(21)17(11-14)28(26,27)24-9-5-6-10-24/h7-8,11,15,23H,5-6,9-10,12-13H2,1-4H3,(H,22,25)/p+1. The summed E-state index contributed by atoms with van der Waals surface area (Å²) in [5.41, 5.74) is 0.390. The summed E-state index contributed by atoms with van der Waals surface area (Å²) in [5, 5.41) is 5.61. The van der Waals surface area contributed by atoms with Crippen molar-refractivity contribution < 1.29 is 18.5 Å². The van der Waals surface area contributed by atoms with Gasteiger partial charge in [0.25, 0.3) is 5.91 Å². The first-order valence-electron chi connectivity index (χ1n) is 9.87. The number of sulfonamides is 1. The third-order valence-corrected chi connectivity index (χ3v) is 7.92. The summed E-state index contributed by atoms with van der Waals surface area (Å²) < 4.78 is 27.2. The lowest BCUT2D eigenvalue weighted by atomic mass is 9.79. The molecule has 0 saturated carbocycles. The highest BCUT2D eigenvalue weighted by Gasteiger charge is 2.42. The molecule has 6 nitrogen and oxygen atoms in total. The minimum atomic E-state index is -3.68. The van der Waals surface area contributed by atoms with Gasteiger partial charge in [-0.15, -0.1) is 0 Å². The minimum absolute atomic E-state index is 0.0151. The van der Waals surface area contributed by atoms with Crippen molar-refractivity contribution in [2.24, 2.45) is 0 Å². The third-order valence-electron chi connectivity index (χ3n) is 5.54. The van der Waals surface area contributed by atoms with Crippen LogP contribution < -0.4 is 10.6 Å². The molecule has 0 bridgehead atoms. The van der Waals surface area contributed by atoms with Gasteiger partial charge < -0.3 is 10.6 Å². The third kappa shape index (κ3) is 4.70. The Kier molecular flexibility index (Phi) is 5.85. The lowest BCUT2D eigenvalue weighted by molar-refractivity contribution is -0.787. The highest BCUT2D eigenvalue weighted by Crippen LogP contribution is 2.28. The molecule has 8 heteroatoms. The predicted molar refractivity (Wildman–Crippen MR) is 110 cm³/mol. The van der Waals surface area contributed by atoms with Crippen LogP contribution in [-0.4, -0.2) is 48.8 Å². The normalized spacial score (nSPS) is 22.9. The predicted octanol–water partition coefficient (Wildman–Crippen LogP) is 2.14. The number of hydrogen-bond acceptors (Lipinski definition) is 3. The molecule has 0 aromatic heterocycles. The topological polar surface area (TPSA) is 83.1 Å². The Labute approximate surface area is 173 Å². The van der Waals surface area contributed by atoms with Crippen molar-refractivity contribution in [3.05, 3.63) is 28.8 Å². The number of rotatable bonds is 4. The van der Waals surface area contributed by atoms with Gasteiger partial charge in [-0.2, -0.15) is 4.31 Å². The van der Waals surface area contributed by atoms with E-state index in [4.69, 9.17) is 11.6 Å². The molecular formula is C20H31ClN3O3S+. The van der Waals surface area contributed by atoms with Crippen LogP contribution in [0.25, 0.3) is 0 Å². The summed E-state index contributed by atoms with van der Waals surface area (Å²) in [7, 11) is -3.68. The van der Waals surface area contributed by atoms with Crippen LogP contribution in [0.15, 0.2) is 23.1 Å². The average Bonchev–Trinajstić information content (AvgIpc) is 3.07. The number of quaternary nitrogens is 1. The van der Waals surface area contributed by atoms with Crippen LogP contribution in [0.2, 0.25) is 5.02 Å². The van der Waals surface area contributed by atoms with E-state index in [1.54, 1.807) is 6.07 Å². The van der Waals surface area contributed by atoms with E-state index in [1.165, 1.54) is 16.4 Å². The summed E-state index contributed by atoms with van der Waals surface area (Å²) in [6.07, 6.45) is 3.41. The van der Waals surface area contributed by atoms with Crippen molar-refractivity contribution in [3.8, 4) is 0 Å². The van der Waals surface area contributed by atoms with E-state index < -0.39 is 10.0 Å². The Hall–Kier alpha value is -1.15. The van der Waals surface area contributed by atoms with Crippen LogP contribution in [0.5, 0.6) is 0 Å². The van der Waals surface area contributed by atoms with Crippen molar-refractivity contribution in [1.29, 1.82) is 0 Å². The van der Waals surface area contributed by atoms with Gasteiger partial charge in [0, 0.05) is 37.5 Å². The lowest BCUT2D eigenvalue weighted by Crippen LogP contribution is -3.06. The summed E-state index contributed by atoms with van der Waals surface area (Å²) in [4.78, 5) is 12.9. The second-order valence-electron chi connectivity index (χ2n) is 9.46. The van der Waals surface area contributed by atoms with Gasteiger partial charge >= 0.3 is 0 Å². The summed E-state index contributed by atoms with van der Waals surface area (Å²) >= 11 is 6.19. The van der Waals surface area contributed by atoms with E-state index in [0.29, 0.717) is 18.7 Å². The maximum atomic E-state index is 12.9. The van der Waals surface area contributed by atoms with Crippen molar-refractivity contribution in [3.63, 3.8) is 0 Å². The van der Waals surface area contributed by atoms with Crippen molar-refractivity contribution in [2.45, 2.75) is 75.4 Å². The van der Waals surface area contributed by atoms with Gasteiger partial charge in [0.2, 0.25) is 10.0 Å². The molecule has 28 heavy (non-hydrogen) atoms. The Morgan fingerprint density at radius 3 is 2.29 bits per heavy atom. The molecule has 2 aliphatic rings. The highest BCUT2D eigenvalue weighted by molar-refractivity contribution is 7.89. The molecule has 1 aromatic rings. The van der Waals surface area contributed by atoms with Gasteiger partial charge in [-0.25, -0.2) is 8.42 Å². The van der Waals surface area contributed by atoms with E-state index in [1.807, 2.05) is 0 Å². The second-order valence-corrected chi connectivity index (χ2v) is 11.8. The zero-order valence-corrected chi connectivity index (χ0v) is 18.7. The molecule has 0 radical (unpaired) electrons. The molecule has 2 heterocycles. The summed E-state index contributed by atoms with van der Waals surface area (Å²) in [6, 6.07) is 4.54.